The lowest BCUT2D eigenvalue weighted by molar-refractivity contribution is -0.680. The van der Waals surface area contributed by atoms with Crippen LogP contribution in [-0.2, 0) is 0 Å². The van der Waals surface area contributed by atoms with Gasteiger partial charge in [0, 0.05) is 34.5 Å². The van der Waals surface area contributed by atoms with Gasteiger partial charge in [0.15, 0.2) is 0 Å². The molecule has 1 unspecified atom stereocenters. The highest BCUT2D eigenvalue weighted by atomic mass is 79.9. The summed E-state index contributed by atoms with van der Waals surface area (Å²) in [7, 11) is 0. The minimum atomic E-state index is -0.476. The molecule has 1 aliphatic rings. The van der Waals surface area contributed by atoms with Crippen molar-refractivity contribution < 1.29 is 13.6 Å². The molecular weight excluding hydrogens is 391 g/mol. The van der Waals surface area contributed by atoms with Crippen molar-refractivity contribution in [2.75, 3.05) is 0 Å². The molecule has 0 aliphatic carbocycles. The van der Waals surface area contributed by atoms with E-state index in [-0.39, 0.29) is 16.5 Å². The van der Waals surface area contributed by atoms with Crippen LogP contribution < -0.4 is 15.7 Å². The third-order valence-corrected chi connectivity index (χ3v) is 4.76. The van der Waals surface area contributed by atoms with Gasteiger partial charge in [0.1, 0.15) is 5.82 Å². The van der Waals surface area contributed by atoms with Crippen LogP contribution in [-0.4, -0.2) is 11.0 Å². The smallest absolute Gasteiger partial charge is 0.302 e. The number of halogens is 2. The Hall–Kier alpha value is -2.74. The number of aromatic nitrogens is 2. The zero-order valence-corrected chi connectivity index (χ0v) is 14.5. The molecule has 2 heterocycles. The van der Waals surface area contributed by atoms with E-state index in [4.69, 9.17) is 4.52 Å². The summed E-state index contributed by atoms with van der Waals surface area (Å²) in [6, 6.07) is 14.0. The van der Waals surface area contributed by atoms with Crippen LogP contribution in [0.4, 0.5) is 4.39 Å². The Morgan fingerprint density at radius 1 is 1.16 bits per heavy atom. The van der Waals surface area contributed by atoms with Gasteiger partial charge in [0.05, 0.1) is 11.8 Å². The first-order chi connectivity index (χ1) is 12.1. The number of benzene rings is 2. The molecule has 6 nitrogen and oxygen atoms in total. The zero-order valence-electron chi connectivity index (χ0n) is 12.9. The van der Waals surface area contributed by atoms with E-state index in [9.17, 15) is 9.18 Å². The molecule has 126 valence electrons. The number of aromatic amines is 1. The van der Waals surface area contributed by atoms with Gasteiger partial charge in [0.2, 0.25) is 5.69 Å². The summed E-state index contributed by atoms with van der Waals surface area (Å²) in [6.07, 6.45) is 0.713. The van der Waals surface area contributed by atoms with Crippen molar-refractivity contribution in [1.82, 2.24) is 10.7 Å². The molecule has 2 aromatic carbocycles. The number of hydrazone groups is 1. The van der Waals surface area contributed by atoms with Crippen LogP contribution >= 0.6 is 15.9 Å². The van der Waals surface area contributed by atoms with E-state index in [1.165, 1.54) is 16.8 Å². The fourth-order valence-corrected chi connectivity index (χ4v) is 3.10. The number of H-pyrrole nitrogens is 1. The predicted molar refractivity (Wildman–Crippen MR) is 92.0 cm³/mol. The standard InChI is InChI=1S/C17H12BrFN4O2/c18-16-17(24)25-22-23(16)13-7-3-11(4-8-13)15-9-14(20-21-15)10-1-5-12(19)6-2-10/h1-8,14H,9H2,(H-,20,22,24)/p+1. The van der Waals surface area contributed by atoms with Gasteiger partial charge >= 0.3 is 10.2 Å². The molecule has 8 heteroatoms. The lowest BCUT2D eigenvalue weighted by Gasteiger charge is -2.09. The molecule has 1 aliphatic heterocycles. The molecule has 2 N–H and O–H groups in total. The van der Waals surface area contributed by atoms with Gasteiger partial charge in [-0.05, 0) is 45.3 Å². The van der Waals surface area contributed by atoms with Gasteiger partial charge < -0.3 is 5.43 Å². The highest BCUT2D eigenvalue weighted by Gasteiger charge is 2.23. The fourth-order valence-electron chi connectivity index (χ4n) is 2.74. The first-order valence-corrected chi connectivity index (χ1v) is 8.38. The van der Waals surface area contributed by atoms with Crippen LogP contribution in [0, 0.1) is 5.82 Å². The summed E-state index contributed by atoms with van der Waals surface area (Å²) < 4.78 is 19.6. The topological polar surface area (TPSA) is 74.3 Å². The molecule has 0 bridgehead atoms. The molecule has 25 heavy (non-hydrogen) atoms. The summed E-state index contributed by atoms with van der Waals surface area (Å²) in [5, 5.41) is 6.91. The monoisotopic (exact) mass is 403 g/mol. The van der Waals surface area contributed by atoms with Crippen molar-refractivity contribution in [2.45, 2.75) is 12.5 Å². The van der Waals surface area contributed by atoms with E-state index in [1.807, 2.05) is 24.3 Å². The lowest BCUT2D eigenvalue weighted by Crippen LogP contribution is -2.34. The maximum Gasteiger partial charge on any atom is 0.442 e. The van der Waals surface area contributed by atoms with Gasteiger partial charge in [-0.1, -0.05) is 12.1 Å². The molecule has 0 amide bonds. The van der Waals surface area contributed by atoms with E-state index in [0.717, 1.165) is 22.5 Å². The highest BCUT2D eigenvalue weighted by molar-refractivity contribution is 9.10. The Morgan fingerprint density at radius 2 is 1.88 bits per heavy atom. The Balaban J connectivity index is 1.52. The molecule has 0 fully saturated rings. The summed E-state index contributed by atoms with van der Waals surface area (Å²) >= 11 is 3.18. The van der Waals surface area contributed by atoms with Gasteiger partial charge in [-0.15, -0.1) is 0 Å². The van der Waals surface area contributed by atoms with E-state index in [1.54, 1.807) is 12.1 Å². The summed E-state index contributed by atoms with van der Waals surface area (Å²) in [6.45, 7) is 0. The van der Waals surface area contributed by atoms with Gasteiger partial charge in [-0.2, -0.15) is 5.10 Å². The average Bonchev–Trinajstić information content (AvgIpc) is 3.24. The number of hydrogen-bond acceptors (Lipinski definition) is 4. The third kappa shape index (κ3) is 3.00. The van der Waals surface area contributed by atoms with E-state index in [0.29, 0.717) is 6.42 Å². The maximum absolute atomic E-state index is 13.0. The minimum absolute atomic E-state index is 0.0315. The second-order valence-corrected chi connectivity index (χ2v) is 6.40. The normalized spacial score (nSPS) is 16.6. The SMILES string of the molecule is O=c1o[nH][n+](-c2ccc(C3=NNC(c4ccc(F)cc4)C3)cc2)c1Br. The number of nitrogens with one attached hydrogen (secondary N) is 2. The van der Waals surface area contributed by atoms with E-state index in [2.05, 4.69) is 31.7 Å². The second-order valence-electron chi connectivity index (χ2n) is 5.65. The van der Waals surface area contributed by atoms with E-state index < -0.39 is 5.63 Å². The van der Waals surface area contributed by atoms with Gasteiger partial charge in [0.25, 0.3) is 0 Å². The molecule has 0 spiro atoms. The fraction of sp³-hybridized carbons (Fsp3) is 0.118. The van der Waals surface area contributed by atoms with E-state index >= 15 is 0 Å². The third-order valence-electron chi connectivity index (χ3n) is 4.08. The van der Waals surface area contributed by atoms with Crippen molar-refractivity contribution in [3.63, 3.8) is 0 Å². The molecule has 0 saturated heterocycles. The zero-order chi connectivity index (χ0) is 17.4. The van der Waals surface area contributed by atoms with Crippen LogP contribution in [0.15, 0.2) is 67.6 Å². The first-order valence-electron chi connectivity index (χ1n) is 7.59. The van der Waals surface area contributed by atoms with Crippen LogP contribution in [0.25, 0.3) is 5.69 Å². The molecular formula is C17H13BrFN4O2+. The number of rotatable bonds is 3. The first kappa shape index (κ1) is 15.8. The van der Waals surface area contributed by atoms with Crippen molar-refractivity contribution in [3.05, 3.63) is 80.5 Å². The van der Waals surface area contributed by atoms with Crippen molar-refractivity contribution in [3.8, 4) is 5.69 Å². The van der Waals surface area contributed by atoms with Crippen LogP contribution in [0.3, 0.4) is 0 Å². The molecule has 4 rings (SSSR count). The Labute approximate surface area is 150 Å². The minimum Gasteiger partial charge on any atom is -0.302 e. The molecule has 1 atom stereocenters. The molecule has 0 radical (unpaired) electrons. The average molecular weight is 404 g/mol. The Morgan fingerprint density at radius 3 is 2.52 bits per heavy atom. The Bertz CT molecular complexity index is 993. The number of hydrogen-bond donors (Lipinski definition) is 2. The molecule has 3 aromatic rings. The van der Waals surface area contributed by atoms with Crippen LogP contribution in [0.5, 0.6) is 0 Å². The van der Waals surface area contributed by atoms with Crippen LogP contribution in [0.2, 0.25) is 0 Å². The lowest BCUT2D eigenvalue weighted by atomic mass is 9.99. The quantitative estimate of drug-likeness (QED) is 0.660. The highest BCUT2D eigenvalue weighted by Crippen LogP contribution is 2.24. The van der Waals surface area contributed by atoms with Crippen molar-refractivity contribution in [2.24, 2.45) is 5.10 Å². The second kappa shape index (κ2) is 6.29. The van der Waals surface area contributed by atoms with Gasteiger partial charge in [-0.3, -0.25) is 4.52 Å². The van der Waals surface area contributed by atoms with Crippen LogP contribution in [0.1, 0.15) is 23.6 Å². The maximum atomic E-state index is 13.0. The largest absolute Gasteiger partial charge is 0.442 e. The molecule has 1 aromatic heterocycles. The Kier molecular flexibility index (Phi) is 3.96. The summed E-state index contributed by atoms with van der Waals surface area (Å²) in [5.74, 6) is -0.251. The number of nitrogens with zero attached hydrogens (tertiary/aromatic N) is 2. The molecule has 0 saturated carbocycles. The van der Waals surface area contributed by atoms with Crippen molar-refractivity contribution in [1.29, 1.82) is 0 Å². The predicted octanol–water partition coefficient (Wildman–Crippen LogP) is 2.58. The summed E-state index contributed by atoms with van der Waals surface area (Å²) in [5.41, 5.74) is 6.26. The van der Waals surface area contributed by atoms with Crippen molar-refractivity contribution >= 4 is 21.6 Å². The summed E-state index contributed by atoms with van der Waals surface area (Å²) in [4.78, 5) is 11.4. The van der Waals surface area contributed by atoms with Gasteiger partial charge in [-0.25, -0.2) is 9.18 Å².